The Morgan fingerprint density at radius 3 is 3.05 bits per heavy atom. The molecule has 1 aromatic carbocycles. The van der Waals surface area contributed by atoms with Gasteiger partial charge in [-0.3, -0.25) is 4.98 Å². The summed E-state index contributed by atoms with van der Waals surface area (Å²) in [5, 5.41) is 5.37. The Balaban J connectivity index is 1.73. The van der Waals surface area contributed by atoms with Gasteiger partial charge >= 0.3 is 0 Å². The molecule has 1 aliphatic rings. The SMILES string of the molecule is Clc1ccc2c(NCCC3=CCCC3)ccnc2c1. The van der Waals surface area contributed by atoms with Crippen LogP contribution >= 0.6 is 11.6 Å². The van der Waals surface area contributed by atoms with Crippen molar-refractivity contribution >= 4 is 28.2 Å². The quantitative estimate of drug-likeness (QED) is 0.809. The fraction of sp³-hybridized carbons (Fsp3) is 0.312. The van der Waals surface area contributed by atoms with Gasteiger partial charge in [-0.25, -0.2) is 0 Å². The van der Waals surface area contributed by atoms with Crippen LogP contribution < -0.4 is 5.32 Å². The molecule has 0 saturated carbocycles. The smallest absolute Gasteiger partial charge is 0.0737 e. The highest BCUT2D eigenvalue weighted by Crippen LogP contribution is 2.25. The molecule has 0 unspecified atom stereocenters. The van der Waals surface area contributed by atoms with Crippen LogP contribution in [0.1, 0.15) is 25.7 Å². The fourth-order valence-corrected chi connectivity index (χ4v) is 2.76. The molecule has 3 rings (SSSR count). The molecule has 1 aliphatic carbocycles. The second-order valence-electron chi connectivity index (χ2n) is 4.95. The minimum Gasteiger partial charge on any atom is -0.384 e. The van der Waals surface area contributed by atoms with Crippen LogP contribution in [0.3, 0.4) is 0 Å². The van der Waals surface area contributed by atoms with Gasteiger partial charge in [0.2, 0.25) is 0 Å². The van der Waals surface area contributed by atoms with Crippen LogP contribution in [0.5, 0.6) is 0 Å². The molecule has 1 N–H and O–H groups in total. The van der Waals surface area contributed by atoms with E-state index in [0.29, 0.717) is 0 Å². The van der Waals surface area contributed by atoms with Crippen molar-refractivity contribution in [1.82, 2.24) is 4.98 Å². The van der Waals surface area contributed by atoms with E-state index in [9.17, 15) is 0 Å². The Hall–Kier alpha value is -1.54. The van der Waals surface area contributed by atoms with E-state index in [1.54, 1.807) is 5.57 Å². The van der Waals surface area contributed by atoms with Gasteiger partial charge < -0.3 is 5.32 Å². The lowest BCUT2D eigenvalue weighted by molar-refractivity contribution is 0.863. The monoisotopic (exact) mass is 272 g/mol. The topological polar surface area (TPSA) is 24.9 Å². The number of halogens is 1. The van der Waals surface area contributed by atoms with E-state index in [2.05, 4.69) is 16.4 Å². The van der Waals surface area contributed by atoms with Gasteiger partial charge in [-0.2, -0.15) is 0 Å². The Kier molecular flexibility index (Phi) is 3.69. The second kappa shape index (κ2) is 5.62. The first-order valence-corrected chi connectivity index (χ1v) is 7.17. The van der Waals surface area contributed by atoms with Crippen LogP contribution in [0, 0.1) is 0 Å². The number of rotatable bonds is 4. The van der Waals surface area contributed by atoms with Gasteiger partial charge in [-0.05, 0) is 49.9 Å². The van der Waals surface area contributed by atoms with E-state index in [4.69, 9.17) is 11.6 Å². The van der Waals surface area contributed by atoms with Crippen molar-refractivity contribution in [1.29, 1.82) is 0 Å². The molecule has 2 nitrogen and oxygen atoms in total. The summed E-state index contributed by atoms with van der Waals surface area (Å²) in [6.45, 7) is 0.980. The molecule has 0 bridgehead atoms. The lowest BCUT2D eigenvalue weighted by atomic mass is 10.1. The summed E-state index contributed by atoms with van der Waals surface area (Å²) in [6.07, 6.45) is 9.20. The summed E-state index contributed by atoms with van der Waals surface area (Å²) < 4.78 is 0. The fourth-order valence-electron chi connectivity index (χ4n) is 2.60. The number of allylic oxidation sites excluding steroid dienone is 1. The largest absolute Gasteiger partial charge is 0.384 e. The summed E-state index contributed by atoms with van der Waals surface area (Å²) in [5.41, 5.74) is 3.67. The molecule has 0 amide bonds. The zero-order valence-electron chi connectivity index (χ0n) is 10.8. The number of anilines is 1. The molecule has 0 radical (unpaired) electrons. The molecule has 0 fully saturated rings. The van der Waals surface area contributed by atoms with Crippen molar-refractivity contribution < 1.29 is 0 Å². The van der Waals surface area contributed by atoms with Crippen molar-refractivity contribution in [2.24, 2.45) is 0 Å². The van der Waals surface area contributed by atoms with Crippen molar-refractivity contribution in [3.8, 4) is 0 Å². The number of hydrogen-bond acceptors (Lipinski definition) is 2. The van der Waals surface area contributed by atoms with E-state index in [1.807, 2.05) is 30.5 Å². The molecule has 1 heterocycles. The summed E-state index contributed by atoms with van der Waals surface area (Å²) in [6, 6.07) is 7.87. The number of aromatic nitrogens is 1. The van der Waals surface area contributed by atoms with Gasteiger partial charge in [0.1, 0.15) is 0 Å². The second-order valence-corrected chi connectivity index (χ2v) is 5.39. The maximum absolute atomic E-state index is 5.99. The molecule has 0 spiro atoms. The lowest BCUT2D eigenvalue weighted by Gasteiger charge is -2.10. The van der Waals surface area contributed by atoms with Crippen molar-refractivity contribution in [3.05, 3.63) is 47.1 Å². The van der Waals surface area contributed by atoms with Crippen LogP contribution in [-0.2, 0) is 0 Å². The number of nitrogens with zero attached hydrogens (tertiary/aromatic N) is 1. The Labute approximate surface area is 118 Å². The molecule has 98 valence electrons. The van der Waals surface area contributed by atoms with Gasteiger partial charge in [0.25, 0.3) is 0 Å². The van der Waals surface area contributed by atoms with Crippen LogP contribution in [0.2, 0.25) is 5.02 Å². The van der Waals surface area contributed by atoms with Crippen LogP contribution in [0.4, 0.5) is 5.69 Å². The minimum absolute atomic E-state index is 0.730. The number of benzene rings is 1. The third-order valence-electron chi connectivity index (χ3n) is 3.60. The molecule has 0 atom stereocenters. The zero-order valence-corrected chi connectivity index (χ0v) is 11.6. The molecular formula is C16H17ClN2. The predicted octanol–water partition coefficient (Wildman–Crippen LogP) is 4.80. The van der Waals surface area contributed by atoms with Crippen LogP contribution in [-0.4, -0.2) is 11.5 Å². The first-order chi connectivity index (χ1) is 9.33. The van der Waals surface area contributed by atoms with E-state index >= 15 is 0 Å². The average molecular weight is 273 g/mol. The van der Waals surface area contributed by atoms with Gasteiger partial charge in [0, 0.05) is 28.8 Å². The van der Waals surface area contributed by atoms with Gasteiger partial charge in [0.15, 0.2) is 0 Å². The molecule has 3 heteroatoms. The van der Waals surface area contributed by atoms with Gasteiger partial charge in [0.05, 0.1) is 5.52 Å². The number of pyridine rings is 1. The molecule has 19 heavy (non-hydrogen) atoms. The first kappa shape index (κ1) is 12.5. The molecule has 0 saturated heterocycles. The van der Waals surface area contributed by atoms with Crippen LogP contribution in [0.15, 0.2) is 42.1 Å². The number of fused-ring (bicyclic) bond motifs is 1. The van der Waals surface area contributed by atoms with Crippen LogP contribution in [0.25, 0.3) is 10.9 Å². The Morgan fingerprint density at radius 1 is 1.26 bits per heavy atom. The Morgan fingerprint density at radius 2 is 2.21 bits per heavy atom. The number of hydrogen-bond donors (Lipinski definition) is 1. The normalized spacial score (nSPS) is 14.7. The van der Waals surface area contributed by atoms with E-state index in [1.165, 1.54) is 19.3 Å². The summed E-state index contributed by atoms with van der Waals surface area (Å²) >= 11 is 5.99. The summed E-state index contributed by atoms with van der Waals surface area (Å²) in [4.78, 5) is 4.35. The molecular weight excluding hydrogens is 256 g/mol. The molecule has 1 aromatic heterocycles. The summed E-state index contributed by atoms with van der Waals surface area (Å²) in [5.74, 6) is 0. The van der Waals surface area contributed by atoms with Crippen molar-refractivity contribution in [2.45, 2.75) is 25.7 Å². The third kappa shape index (κ3) is 2.90. The highest BCUT2D eigenvalue weighted by atomic mass is 35.5. The first-order valence-electron chi connectivity index (χ1n) is 6.79. The summed E-state index contributed by atoms with van der Waals surface area (Å²) in [7, 11) is 0. The van der Waals surface area contributed by atoms with Gasteiger partial charge in [-0.15, -0.1) is 0 Å². The van der Waals surface area contributed by atoms with Gasteiger partial charge in [-0.1, -0.05) is 23.3 Å². The number of nitrogens with one attached hydrogen (secondary N) is 1. The average Bonchev–Trinajstić information content (AvgIpc) is 2.92. The van der Waals surface area contributed by atoms with E-state index in [-0.39, 0.29) is 0 Å². The lowest BCUT2D eigenvalue weighted by Crippen LogP contribution is -2.03. The maximum Gasteiger partial charge on any atom is 0.0737 e. The minimum atomic E-state index is 0.730. The van der Waals surface area contributed by atoms with E-state index in [0.717, 1.165) is 34.6 Å². The zero-order chi connectivity index (χ0) is 13.1. The van der Waals surface area contributed by atoms with Crippen molar-refractivity contribution in [3.63, 3.8) is 0 Å². The predicted molar refractivity (Wildman–Crippen MR) is 81.8 cm³/mol. The molecule has 0 aliphatic heterocycles. The highest BCUT2D eigenvalue weighted by Gasteiger charge is 2.05. The third-order valence-corrected chi connectivity index (χ3v) is 3.84. The highest BCUT2D eigenvalue weighted by molar-refractivity contribution is 6.31. The van der Waals surface area contributed by atoms with E-state index < -0.39 is 0 Å². The standard InChI is InChI=1S/C16H17ClN2/c17-13-5-6-14-15(8-10-19-16(14)11-13)18-9-7-12-3-1-2-4-12/h3,5-6,8,10-11H,1-2,4,7,9H2,(H,18,19). The Bertz CT molecular complexity index is 619. The van der Waals surface area contributed by atoms with Crippen molar-refractivity contribution in [2.75, 3.05) is 11.9 Å². The maximum atomic E-state index is 5.99. The molecule has 2 aromatic rings.